The standard InChI is InChI=1S/C16H11N3OS/c20-15(13-9-10-5-1-2-6-11(10)17-13)19-16-18-12-7-3-4-8-14(12)21-16/h1-9,17H,(H,18,19,20). The molecule has 1 amide bonds. The molecule has 0 unspecified atom stereocenters. The maximum atomic E-state index is 12.3. The van der Waals surface area contributed by atoms with Gasteiger partial charge in [-0.3, -0.25) is 10.1 Å². The molecule has 2 aromatic heterocycles. The molecule has 2 N–H and O–H groups in total. The second-order valence-electron chi connectivity index (χ2n) is 4.71. The lowest BCUT2D eigenvalue weighted by molar-refractivity contribution is 0.102. The predicted molar refractivity (Wildman–Crippen MR) is 85.9 cm³/mol. The van der Waals surface area contributed by atoms with Gasteiger partial charge >= 0.3 is 0 Å². The number of benzene rings is 2. The molecule has 0 saturated heterocycles. The van der Waals surface area contributed by atoms with Crippen LogP contribution in [0, 0.1) is 0 Å². The summed E-state index contributed by atoms with van der Waals surface area (Å²) in [5.74, 6) is -0.176. The summed E-state index contributed by atoms with van der Waals surface area (Å²) in [4.78, 5) is 19.8. The number of rotatable bonds is 2. The van der Waals surface area contributed by atoms with Gasteiger partial charge in [-0.05, 0) is 24.3 Å². The molecule has 0 atom stereocenters. The van der Waals surface area contributed by atoms with E-state index in [2.05, 4.69) is 15.3 Å². The summed E-state index contributed by atoms with van der Waals surface area (Å²) >= 11 is 1.47. The molecule has 102 valence electrons. The van der Waals surface area contributed by atoms with Crippen molar-refractivity contribution in [1.82, 2.24) is 9.97 Å². The fraction of sp³-hybridized carbons (Fsp3) is 0. The van der Waals surface area contributed by atoms with Gasteiger partial charge in [0.1, 0.15) is 5.69 Å². The number of H-pyrrole nitrogens is 1. The van der Waals surface area contributed by atoms with E-state index in [0.717, 1.165) is 21.1 Å². The van der Waals surface area contributed by atoms with Crippen LogP contribution in [0.25, 0.3) is 21.1 Å². The quantitative estimate of drug-likeness (QED) is 0.586. The smallest absolute Gasteiger partial charge is 0.273 e. The third-order valence-corrected chi connectivity index (χ3v) is 4.24. The van der Waals surface area contributed by atoms with Crippen LogP contribution in [-0.4, -0.2) is 15.9 Å². The van der Waals surface area contributed by atoms with E-state index in [1.165, 1.54) is 11.3 Å². The van der Waals surface area contributed by atoms with Crippen molar-refractivity contribution in [2.45, 2.75) is 0 Å². The monoisotopic (exact) mass is 293 g/mol. The summed E-state index contributed by atoms with van der Waals surface area (Å²) in [5.41, 5.74) is 2.39. The third-order valence-electron chi connectivity index (χ3n) is 3.29. The number of para-hydroxylation sites is 2. The van der Waals surface area contributed by atoms with Gasteiger partial charge in [0.05, 0.1) is 10.2 Å². The summed E-state index contributed by atoms with van der Waals surface area (Å²) in [7, 11) is 0. The number of amides is 1. The molecule has 0 bridgehead atoms. The van der Waals surface area contributed by atoms with E-state index >= 15 is 0 Å². The Hall–Kier alpha value is -2.66. The molecule has 4 rings (SSSR count). The number of nitrogens with zero attached hydrogens (tertiary/aromatic N) is 1. The van der Waals surface area contributed by atoms with Crippen LogP contribution in [-0.2, 0) is 0 Å². The number of aromatic amines is 1. The van der Waals surface area contributed by atoms with Crippen molar-refractivity contribution in [3.05, 3.63) is 60.3 Å². The predicted octanol–water partition coefficient (Wildman–Crippen LogP) is 4.03. The Labute approximate surface area is 124 Å². The molecule has 0 aliphatic rings. The molecule has 0 aliphatic carbocycles. The van der Waals surface area contributed by atoms with Gasteiger partial charge in [-0.1, -0.05) is 41.7 Å². The van der Waals surface area contributed by atoms with Crippen molar-refractivity contribution in [2.75, 3.05) is 5.32 Å². The van der Waals surface area contributed by atoms with Crippen molar-refractivity contribution >= 4 is 43.5 Å². The van der Waals surface area contributed by atoms with Crippen LogP contribution in [0.15, 0.2) is 54.6 Å². The van der Waals surface area contributed by atoms with Crippen molar-refractivity contribution in [1.29, 1.82) is 0 Å². The summed E-state index contributed by atoms with van der Waals surface area (Å²) in [6, 6.07) is 17.5. The highest BCUT2D eigenvalue weighted by molar-refractivity contribution is 7.22. The molecule has 0 spiro atoms. The fourth-order valence-electron chi connectivity index (χ4n) is 2.29. The topological polar surface area (TPSA) is 57.8 Å². The first-order chi connectivity index (χ1) is 10.3. The molecule has 0 saturated carbocycles. The SMILES string of the molecule is O=C(Nc1nc2ccccc2s1)c1cc2ccccc2[nH]1. The van der Waals surface area contributed by atoms with Gasteiger partial charge in [-0.25, -0.2) is 4.98 Å². The molecular formula is C16H11N3OS. The van der Waals surface area contributed by atoms with Gasteiger partial charge in [0.2, 0.25) is 0 Å². The lowest BCUT2D eigenvalue weighted by atomic mass is 10.2. The van der Waals surface area contributed by atoms with Crippen LogP contribution in [0.2, 0.25) is 0 Å². The van der Waals surface area contributed by atoms with Gasteiger partial charge in [0, 0.05) is 10.9 Å². The zero-order valence-electron chi connectivity index (χ0n) is 11.0. The second kappa shape index (κ2) is 4.71. The maximum absolute atomic E-state index is 12.3. The van der Waals surface area contributed by atoms with E-state index in [-0.39, 0.29) is 5.91 Å². The molecule has 5 heteroatoms. The van der Waals surface area contributed by atoms with Crippen LogP contribution in [0.1, 0.15) is 10.5 Å². The molecule has 4 nitrogen and oxygen atoms in total. The molecule has 0 aliphatic heterocycles. The Morgan fingerprint density at radius 2 is 1.90 bits per heavy atom. The summed E-state index contributed by atoms with van der Waals surface area (Å²) in [6.07, 6.45) is 0. The Bertz CT molecular complexity index is 888. The summed E-state index contributed by atoms with van der Waals surface area (Å²) < 4.78 is 1.06. The number of hydrogen-bond acceptors (Lipinski definition) is 3. The first-order valence-corrected chi connectivity index (χ1v) is 7.36. The Morgan fingerprint density at radius 3 is 2.76 bits per heavy atom. The van der Waals surface area contributed by atoms with E-state index in [9.17, 15) is 4.79 Å². The van der Waals surface area contributed by atoms with Crippen molar-refractivity contribution < 1.29 is 4.79 Å². The van der Waals surface area contributed by atoms with E-state index in [1.54, 1.807) is 0 Å². The number of anilines is 1. The highest BCUT2D eigenvalue weighted by atomic mass is 32.1. The molecule has 2 aromatic carbocycles. The highest BCUT2D eigenvalue weighted by Gasteiger charge is 2.12. The fourth-order valence-corrected chi connectivity index (χ4v) is 3.15. The third kappa shape index (κ3) is 2.17. The average molecular weight is 293 g/mol. The van der Waals surface area contributed by atoms with Gasteiger partial charge in [0.25, 0.3) is 5.91 Å². The van der Waals surface area contributed by atoms with Crippen LogP contribution in [0.4, 0.5) is 5.13 Å². The molecule has 21 heavy (non-hydrogen) atoms. The highest BCUT2D eigenvalue weighted by Crippen LogP contribution is 2.26. The van der Waals surface area contributed by atoms with E-state index in [0.29, 0.717) is 10.8 Å². The lowest BCUT2D eigenvalue weighted by Gasteiger charge is -1.97. The first kappa shape index (κ1) is 12.1. The zero-order chi connectivity index (χ0) is 14.2. The van der Waals surface area contributed by atoms with E-state index < -0.39 is 0 Å². The Balaban J connectivity index is 1.65. The number of carbonyl (C=O) groups excluding carboxylic acids is 1. The normalized spacial score (nSPS) is 11.0. The minimum Gasteiger partial charge on any atom is -0.351 e. The first-order valence-electron chi connectivity index (χ1n) is 6.54. The number of hydrogen-bond donors (Lipinski definition) is 2. The Kier molecular flexibility index (Phi) is 2.72. The number of nitrogens with one attached hydrogen (secondary N) is 2. The van der Waals surface area contributed by atoms with Crippen LogP contribution < -0.4 is 5.32 Å². The van der Waals surface area contributed by atoms with E-state index in [4.69, 9.17) is 0 Å². The summed E-state index contributed by atoms with van der Waals surface area (Å²) in [5, 5.41) is 4.48. The lowest BCUT2D eigenvalue weighted by Crippen LogP contribution is -2.11. The molecule has 0 fully saturated rings. The van der Waals surface area contributed by atoms with Crippen molar-refractivity contribution in [2.24, 2.45) is 0 Å². The van der Waals surface area contributed by atoms with Gasteiger partial charge in [-0.15, -0.1) is 0 Å². The van der Waals surface area contributed by atoms with Crippen LogP contribution in [0.5, 0.6) is 0 Å². The largest absolute Gasteiger partial charge is 0.351 e. The minimum absolute atomic E-state index is 0.176. The molecule has 4 aromatic rings. The number of fused-ring (bicyclic) bond motifs is 2. The molecule has 0 radical (unpaired) electrons. The van der Waals surface area contributed by atoms with Crippen LogP contribution in [0.3, 0.4) is 0 Å². The van der Waals surface area contributed by atoms with Crippen molar-refractivity contribution in [3.63, 3.8) is 0 Å². The zero-order valence-corrected chi connectivity index (χ0v) is 11.8. The number of aromatic nitrogens is 2. The number of carbonyl (C=O) groups is 1. The molecular weight excluding hydrogens is 282 g/mol. The van der Waals surface area contributed by atoms with E-state index in [1.807, 2.05) is 54.6 Å². The average Bonchev–Trinajstić information content (AvgIpc) is 3.10. The summed E-state index contributed by atoms with van der Waals surface area (Å²) in [6.45, 7) is 0. The molecule has 2 heterocycles. The van der Waals surface area contributed by atoms with Crippen LogP contribution >= 0.6 is 11.3 Å². The van der Waals surface area contributed by atoms with Gasteiger partial charge < -0.3 is 4.98 Å². The minimum atomic E-state index is -0.176. The van der Waals surface area contributed by atoms with Gasteiger partial charge in [-0.2, -0.15) is 0 Å². The van der Waals surface area contributed by atoms with Crippen molar-refractivity contribution in [3.8, 4) is 0 Å². The van der Waals surface area contributed by atoms with Gasteiger partial charge in [0.15, 0.2) is 5.13 Å². The number of thiazole rings is 1. The Morgan fingerprint density at radius 1 is 1.10 bits per heavy atom. The maximum Gasteiger partial charge on any atom is 0.273 e. The second-order valence-corrected chi connectivity index (χ2v) is 5.74.